The molecule has 0 spiro atoms. The molecule has 0 fully saturated rings. The van der Waals surface area contributed by atoms with Gasteiger partial charge in [-0.15, -0.1) is 0 Å². The maximum absolute atomic E-state index is 13.4. The number of rotatable bonds is 5. The van der Waals surface area contributed by atoms with Gasteiger partial charge in [0.25, 0.3) is 0 Å². The molecule has 4 aromatic rings. The second kappa shape index (κ2) is 6.91. The van der Waals surface area contributed by atoms with Crippen LogP contribution in [0.15, 0.2) is 55.3 Å². The Kier molecular flexibility index (Phi) is 3.46. The average molecular weight is 366 g/mol. The van der Waals surface area contributed by atoms with Crippen LogP contribution in [0.3, 0.4) is 0 Å². The van der Waals surface area contributed by atoms with E-state index >= 15 is 0 Å². The van der Waals surface area contributed by atoms with E-state index in [-0.39, 0.29) is 58.6 Å². The molecule has 4 heterocycles. The molecule has 0 amide bonds. The monoisotopic (exact) mass is 366 g/mol. The largest absolute Gasteiger partial charge is 0.454 e. The van der Waals surface area contributed by atoms with E-state index in [4.69, 9.17) is 8.85 Å². The fourth-order valence-electron chi connectivity index (χ4n) is 2.45. The number of hydrogen-bond donors (Lipinski definition) is 0. The first-order valence-electron chi connectivity index (χ1n) is 9.41. The Balaban J connectivity index is 1.71. The summed E-state index contributed by atoms with van der Waals surface area (Å²) in [5, 5.41) is 4.02. The highest BCUT2D eigenvalue weighted by atomic mass is 19.1. The van der Waals surface area contributed by atoms with Crippen LogP contribution in [0, 0.1) is 12.7 Å². The molecule has 0 saturated carbocycles. The fraction of sp³-hybridized carbons (Fsp3) is 0.105. The lowest BCUT2D eigenvalue weighted by Gasteiger charge is -2.09. The highest BCUT2D eigenvalue weighted by Gasteiger charge is 2.16. The molecule has 0 aromatic carbocycles. The van der Waals surface area contributed by atoms with Crippen LogP contribution in [-0.4, -0.2) is 30.3 Å². The molecule has 0 unspecified atom stereocenters. The van der Waals surface area contributed by atoms with Gasteiger partial charge >= 0.3 is 0 Å². The van der Waals surface area contributed by atoms with Crippen LogP contribution in [0.4, 0.5) is 4.39 Å². The SMILES string of the molecule is [2H]c1nc(CC(=O)c2cc(Oc3cncc(F)c3)cn3ncnc23)c([2H])c([2H])c1C. The van der Waals surface area contributed by atoms with Gasteiger partial charge in [0.15, 0.2) is 11.4 Å². The first-order chi connectivity index (χ1) is 14.3. The molecular formula is C19H14FN5O2. The van der Waals surface area contributed by atoms with E-state index in [1.165, 1.54) is 36.2 Å². The minimum absolute atomic E-state index is 0.0268. The number of halogens is 1. The number of carbonyl (C=O) groups excluding carboxylic acids is 1. The number of nitrogens with zero attached hydrogens (tertiary/aromatic N) is 5. The van der Waals surface area contributed by atoms with Gasteiger partial charge in [-0.25, -0.2) is 13.9 Å². The van der Waals surface area contributed by atoms with Crippen molar-refractivity contribution in [2.75, 3.05) is 0 Å². The Morgan fingerprint density at radius 3 is 3.00 bits per heavy atom. The minimum atomic E-state index is -0.573. The van der Waals surface area contributed by atoms with Gasteiger partial charge in [-0.1, -0.05) is 6.04 Å². The summed E-state index contributed by atoms with van der Waals surface area (Å²) in [5.41, 5.74) is 0.712. The van der Waals surface area contributed by atoms with Crippen molar-refractivity contribution in [2.45, 2.75) is 13.3 Å². The van der Waals surface area contributed by atoms with Crippen molar-refractivity contribution in [2.24, 2.45) is 0 Å². The molecule has 7 nitrogen and oxygen atoms in total. The molecule has 134 valence electrons. The van der Waals surface area contributed by atoms with E-state index < -0.39 is 11.6 Å². The minimum Gasteiger partial charge on any atom is -0.454 e. The van der Waals surface area contributed by atoms with Crippen LogP contribution >= 0.6 is 0 Å². The maximum atomic E-state index is 13.4. The topological polar surface area (TPSA) is 82.3 Å². The van der Waals surface area contributed by atoms with Crippen molar-refractivity contribution in [1.29, 1.82) is 0 Å². The Labute approximate surface area is 157 Å². The molecule has 0 saturated heterocycles. The first kappa shape index (κ1) is 13.5. The number of fused-ring (bicyclic) bond motifs is 1. The zero-order valence-corrected chi connectivity index (χ0v) is 14.1. The third kappa shape index (κ3) is 3.64. The molecular weight excluding hydrogens is 349 g/mol. The van der Waals surface area contributed by atoms with Gasteiger partial charge in [-0.05, 0) is 24.6 Å². The van der Waals surface area contributed by atoms with E-state index in [2.05, 4.69) is 20.1 Å². The summed E-state index contributed by atoms with van der Waals surface area (Å²) >= 11 is 0. The van der Waals surface area contributed by atoms with Crippen molar-refractivity contribution < 1.29 is 18.0 Å². The highest BCUT2D eigenvalue weighted by molar-refractivity contribution is 6.02. The number of aromatic nitrogens is 5. The van der Waals surface area contributed by atoms with E-state index in [0.717, 1.165) is 12.3 Å². The highest BCUT2D eigenvalue weighted by Crippen LogP contribution is 2.24. The molecule has 8 heteroatoms. The van der Waals surface area contributed by atoms with Crippen LogP contribution < -0.4 is 4.74 Å². The summed E-state index contributed by atoms with van der Waals surface area (Å²) in [6.45, 7) is 1.53. The third-order valence-corrected chi connectivity index (χ3v) is 3.65. The molecule has 4 rings (SSSR count). The summed E-state index contributed by atoms with van der Waals surface area (Å²) in [5.74, 6) is -0.677. The maximum Gasteiger partial charge on any atom is 0.172 e. The van der Waals surface area contributed by atoms with Gasteiger partial charge in [-0.2, -0.15) is 5.10 Å². The molecule has 0 aliphatic carbocycles. The van der Waals surface area contributed by atoms with Gasteiger partial charge < -0.3 is 4.74 Å². The smallest absolute Gasteiger partial charge is 0.172 e. The molecule has 4 aromatic heterocycles. The summed E-state index contributed by atoms with van der Waals surface area (Å²) in [6.07, 6.45) is 4.66. The van der Waals surface area contributed by atoms with Gasteiger partial charge in [0.05, 0.1) is 34.7 Å². The van der Waals surface area contributed by atoms with Crippen molar-refractivity contribution in [3.05, 3.63) is 77.9 Å². The zero-order valence-electron chi connectivity index (χ0n) is 17.1. The van der Waals surface area contributed by atoms with Crippen molar-refractivity contribution in [1.82, 2.24) is 24.6 Å². The van der Waals surface area contributed by atoms with Gasteiger partial charge in [-0.3, -0.25) is 14.8 Å². The molecule has 0 N–H and O–H groups in total. The van der Waals surface area contributed by atoms with Crippen LogP contribution in [0.25, 0.3) is 5.65 Å². The number of hydrogen-bond acceptors (Lipinski definition) is 6. The zero-order chi connectivity index (χ0) is 21.4. The van der Waals surface area contributed by atoms with Crippen molar-refractivity contribution >= 4 is 11.4 Å². The molecule has 27 heavy (non-hydrogen) atoms. The molecule has 0 bridgehead atoms. The normalized spacial score (nSPS) is 12.4. The second-order valence-corrected chi connectivity index (χ2v) is 5.70. The number of carbonyl (C=O) groups is 1. The fourth-order valence-corrected chi connectivity index (χ4v) is 2.45. The van der Waals surface area contributed by atoms with E-state index in [0.29, 0.717) is 0 Å². The summed E-state index contributed by atoms with van der Waals surface area (Å²) in [7, 11) is 0. The summed E-state index contributed by atoms with van der Waals surface area (Å²) in [4.78, 5) is 24.8. The van der Waals surface area contributed by atoms with Crippen molar-refractivity contribution in [3.8, 4) is 11.5 Å². The van der Waals surface area contributed by atoms with Crippen LogP contribution in [-0.2, 0) is 6.42 Å². The standard InChI is InChI=1S/C19H14FN5O2/c1-12-2-3-14(22-7-12)5-18(26)17-6-16(10-25-19(17)23-11-24-25)27-15-4-13(20)8-21-9-15/h2-4,6-11H,5H2,1H3/i2D,3D,7D. The van der Waals surface area contributed by atoms with Crippen LogP contribution in [0.1, 0.15) is 25.7 Å². The molecule has 0 aliphatic heterocycles. The molecule has 0 aliphatic rings. The first-order valence-corrected chi connectivity index (χ1v) is 7.91. The number of pyridine rings is 3. The quantitative estimate of drug-likeness (QED) is 0.505. The Morgan fingerprint density at radius 2 is 2.15 bits per heavy atom. The van der Waals surface area contributed by atoms with Crippen LogP contribution in [0.2, 0.25) is 0 Å². The Bertz CT molecular complexity index is 1290. The molecule has 0 radical (unpaired) electrons. The van der Waals surface area contributed by atoms with E-state index in [9.17, 15) is 9.18 Å². The lowest BCUT2D eigenvalue weighted by Crippen LogP contribution is -2.08. The number of Topliss-reactive ketones (excluding diaryl/α,β-unsaturated/α-hetero) is 1. The molecule has 0 atom stereocenters. The average Bonchev–Trinajstić information content (AvgIpc) is 3.18. The third-order valence-electron chi connectivity index (χ3n) is 3.65. The number of ketones is 1. The lowest BCUT2D eigenvalue weighted by atomic mass is 10.1. The second-order valence-electron chi connectivity index (χ2n) is 5.70. The lowest BCUT2D eigenvalue weighted by molar-refractivity contribution is 0.0992. The van der Waals surface area contributed by atoms with E-state index in [1.54, 1.807) is 0 Å². The van der Waals surface area contributed by atoms with Crippen molar-refractivity contribution in [3.63, 3.8) is 0 Å². The Morgan fingerprint density at radius 1 is 1.26 bits per heavy atom. The summed E-state index contributed by atoms with van der Waals surface area (Å²) in [6, 6.07) is 2.24. The Hall–Kier alpha value is -3.68. The summed E-state index contributed by atoms with van der Waals surface area (Å²) < 4.78 is 44.1. The predicted molar refractivity (Wildman–Crippen MR) is 94.3 cm³/mol. The van der Waals surface area contributed by atoms with E-state index in [1.807, 2.05) is 0 Å². The van der Waals surface area contributed by atoms with Gasteiger partial charge in [0.1, 0.15) is 23.6 Å². The van der Waals surface area contributed by atoms with Gasteiger partial charge in [0.2, 0.25) is 0 Å². The van der Waals surface area contributed by atoms with Gasteiger partial charge in [0, 0.05) is 17.9 Å². The number of ether oxygens (including phenoxy) is 1. The predicted octanol–water partition coefficient (Wildman–Crippen LogP) is 3.18. The van der Waals surface area contributed by atoms with Crippen LogP contribution in [0.5, 0.6) is 11.5 Å².